The molecule has 0 aromatic heterocycles. The van der Waals surface area contributed by atoms with Gasteiger partial charge < -0.3 is 14.6 Å². The molecule has 0 amide bonds. The van der Waals surface area contributed by atoms with Crippen molar-refractivity contribution in [3.05, 3.63) is 0 Å². The molecule has 0 saturated carbocycles. The van der Waals surface area contributed by atoms with Crippen molar-refractivity contribution in [1.82, 2.24) is 0 Å². The highest BCUT2D eigenvalue weighted by molar-refractivity contribution is 5.68. The summed E-state index contributed by atoms with van der Waals surface area (Å²) >= 11 is 0. The Morgan fingerprint density at radius 3 is 1.75 bits per heavy atom. The van der Waals surface area contributed by atoms with E-state index in [-0.39, 0.29) is 6.42 Å². The fraction of sp³-hybridized carbons (Fsp3) is 0.895. The van der Waals surface area contributed by atoms with Crippen LogP contribution in [0.15, 0.2) is 0 Å². The van der Waals surface area contributed by atoms with Gasteiger partial charge in [0.1, 0.15) is 6.10 Å². The summed E-state index contributed by atoms with van der Waals surface area (Å²) in [7, 11) is 0. The van der Waals surface area contributed by atoms with Crippen molar-refractivity contribution in [2.75, 3.05) is 6.61 Å². The smallest absolute Gasteiger partial charge is 0.481 e. The maximum absolute atomic E-state index is 11.3. The summed E-state index contributed by atoms with van der Waals surface area (Å²) in [6.07, 6.45) is 13.5. The highest BCUT2D eigenvalue weighted by Crippen LogP contribution is 2.12. The first-order valence-electron chi connectivity index (χ1n) is 9.61. The van der Waals surface area contributed by atoms with Gasteiger partial charge >= 0.3 is 12.1 Å². The number of hydrogen-bond donors (Lipinski definition) is 1. The van der Waals surface area contributed by atoms with Gasteiger partial charge in [-0.05, 0) is 13.3 Å². The molecule has 5 heteroatoms. The molecular formula is C19H36O5. The summed E-state index contributed by atoms with van der Waals surface area (Å²) in [5.41, 5.74) is 0. The number of ether oxygens (including phenoxy) is 2. The topological polar surface area (TPSA) is 72.8 Å². The van der Waals surface area contributed by atoms with Crippen LogP contribution in [-0.2, 0) is 14.3 Å². The van der Waals surface area contributed by atoms with Gasteiger partial charge in [-0.25, -0.2) is 4.79 Å². The van der Waals surface area contributed by atoms with Crippen molar-refractivity contribution in [3.63, 3.8) is 0 Å². The molecule has 0 aliphatic rings. The molecule has 0 heterocycles. The second-order valence-electron chi connectivity index (χ2n) is 6.51. The lowest BCUT2D eigenvalue weighted by molar-refractivity contribution is -0.139. The van der Waals surface area contributed by atoms with Gasteiger partial charge in [-0.2, -0.15) is 0 Å². The molecule has 24 heavy (non-hydrogen) atoms. The monoisotopic (exact) mass is 344 g/mol. The quantitative estimate of drug-likeness (QED) is 0.287. The average Bonchev–Trinajstić information content (AvgIpc) is 2.51. The van der Waals surface area contributed by atoms with E-state index in [1.165, 1.54) is 64.2 Å². The number of hydrogen-bond acceptors (Lipinski definition) is 4. The lowest BCUT2D eigenvalue weighted by atomic mass is 10.1. The predicted molar refractivity (Wildman–Crippen MR) is 95.2 cm³/mol. The molecule has 0 bridgehead atoms. The van der Waals surface area contributed by atoms with E-state index in [0.717, 1.165) is 12.8 Å². The Kier molecular flexibility index (Phi) is 15.7. The number of carbonyl (C=O) groups excluding carboxylic acids is 1. The minimum Gasteiger partial charge on any atom is -0.481 e. The van der Waals surface area contributed by atoms with E-state index in [4.69, 9.17) is 14.6 Å². The SMILES string of the molecule is CCCCCCCCCCCCCCOC(=O)OC(C)CC(=O)O. The van der Waals surface area contributed by atoms with E-state index in [0.29, 0.717) is 6.61 Å². The predicted octanol–water partition coefficient (Wildman–Crippen LogP) is 5.70. The summed E-state index contributed by atoms with van der Waals surface area (Å²) in [6, 6.07) is 0. The van der Waals surface area contributed by atoms with E-state index >= 15 is 0 Å². The summed E-state index contributed by atoms with van der Waals surface area (Å²) < 4.78 is 9.76. The fourth-order valence-electron chi connectivity index (χ4n) is 2.58. The first kappa shape index (κ1) is 22.7. The molecule has 0 rings (SSSR count). The second kappa shape index (κ2) is 16.6. The van der Waals surface area contributed by atoms with E-state index in [1.807, 2.05) is 0 Å². The van der Waals surface area contributed by atoms with E-state index in [9.17, 15) is 9.59 Å². The van der Waals surface area contributed by atoms with Gasteiger partial charge in [-0.3, -0.25) is 4.79 Å². The van der Waals surface area contributed by atoms with Crippen LogP contribution in [0.2, 0.25) is 0 Å². The first-order chi connectivity index (χ1) is 11.6. The number of rotatable bonds is 16. The molecule has 0 spiro atoms. The average molecular weight is 344 g/mol. The highest BCUT2D eigenvalue weighted by Gasteiger charge is 2.13. The summed E-state index contributed by atoms with van der Waals surface area (Å²) in [5.74, 6) is -0.990. The third-order valence-corrected chi connectivity index (χ3v) is 3.98. The lowest BCUT2D eigenvalue weighted by Gasteiger charge is -2.10. The molecule has 0 aromatic carbocycles. The molecule has 0 aromatic rings. The van der Waals surface area contributed by atoms with Crippen molar-refractivity contribution in [3.8, 4) is 0 Å². The molecule has 1 unspecified atom stereocenters. The standard InChI is InChI=1S/C19H36O5/c1-3-4-5-6-7-8-9-10-11-12-13-14-15-23-19(22)24-17(2)16-18(20)21/h17H,3-16H2,1-2H3,(H,20,21). The Bertz CT molecular complexity index is 317. The molecule has 0 aliphatic carbocycles. The molecular weight excluding hydrogens is 308 g/mol. The van der Waals surface area contributed by atoms with Crippen molar-refractivity contribution in [1.29, 1.82) is 0 Å². The highest BCUT2D eigenvalue weighted by atomic mass is 16.7. The maximum atomic E-state index is 11.3. The molecule has 0 aliphatic heterocycles. The number of carbonyl (C=O) groups is 2. The molecule has 5 nitrogen and oxygen atoms in total. The van der Waals surface area contributed by atoms with Crippen LogP contribution in [-0.4, -0.2) is 29.9 Å². The Morgan fingerprint density at radius 2 is 1.29 bits per heavy atom. The van der Waals surface area contributed by atoms with Gasteiger partial charge in [0.05, 0.1) is 13.0 Å². The van der Waals surface area contributed by atoms with E-state index in [1.54, 1.807) is 6.92 Å². The third kappa shape index (κ3) is 17.1. The molecule has 1 N–H and O–H groups in total. The van der Waals surface area contributed by atoms with Crippen LogP contribution < -0.4 is 0 Å². The summed E-state index contributed by atoms with van der Waals surface area (Å²) in [5, 5.41) is 8.56. The lowest BCUT2D eigenvalue weighted by Crippen LogP contribution is -2.19. The van der Waals surface area contributed by atoms with Gasteiger partial charge in [0, 0.05) is 0 Å². The summed E-state index contributed by atoms with van der Waals surface area (Å²) in [6.45, 7) is 4.13. The molecule has 1 atom stereocenters. The van der Waals surface area contributed by atoms with Crippen LogP contribution in [0.5, 0.6) is 0 Å². The Morgan fingerprint density at radius 1 is 0.833 bits per heavy atom. The van der Waals surface area contributed by atoms with Crippen molar-refractivity contribution < 1.29 is 24.2 Å². The van der Waals surface area contributed by atoms with Gasteiger partial charge in [-0.1, -0.05) is 77.6 Å². The Hall–Kier alpha value is -1.26. The molecule has 0 saturated heterocycles. The van der Waals surface area contributed by atoms with Gasteiger partial charge in [0.25, 0.3) is 0 Å². The van der Waals surface area contributed by atoms with Crippen LogP contribution in [0.1, 0.15) is 97.3 Å². The maximum Gasteiger partial charge on any atom is 0.508 e. The van der Waals surface area contributed by atoms with Crippen LogP contribution in [0.3, 0.4) is 0 Å². The Labute approximate surface area is 147 Å². The van der Waals surface area contributed by atoms with Crippen LogP contribution >= 0.6 is 0 Å². The molecule has 0 fully saturated rings. The minimum absolute atomic E-state index is 0.201. The van der Waals surface area contributed by atoms with E-state index < -0.39 is 18.2 Å². The fourth-order valence-corrected chi connectivity index (χ4v) is 2.58. The van der Waals surface area contributed by atoms with Crippen LogP contribution in [0.25, 0.3) is 0 Å². The third-order valence-electron chi connectivity index (χ3n) is 3.98. The van der Waals surface area contributed by atoms with Crippen LogP contribution in [0, 0.1) is 0 Å². The molecule has 0 radical (unpaired) electrons. The van der Waals surface area contributed by atoms with Crippen molar-refractivity contribution in [2.45, 2.75) is 103 Å². The molecule has 142 valence electrons. The Balaban J connectivity index is 3.24. The largest absolute Gasteiger partial charge is 0.508 e. The van der Waals surface area contributed by atoms with Gasteiger partial charge in [-0.15, -0.1) is 0 Å². The van der Waals surface area contributed by atoms with Crippen molar-refractivity contribution in [2.24, 2.45) is 0 Å². The van der Waals surface area contributed by atoms with E-state index in [2.05, 4.69) is 6.92 Å². The number of unbranched alkanes of at least 4 members (excludes halogenated alkanes) is 11. The number of carboxylic acids is 1. The minimum atomic E-state index is -0.990. The zero-order valence-corrected chi connectivity index (χ0v) is 15.6. The van der Waals surface area contributed by atoms with Crippen molar-refractivity contribution >= 4 is 12.1 Å². The normalized spacial score (nSPS) is 11.9. The van der Waals surface area contributed by atoms with Gasteiger partial charge in [0.2, 0.25) is 0 Å². The van der Waals surface area contributed by atoms with Gasteiger partial charge in [0.15, 0.2) is 0 Å². The van der Waals surface area contributed by atoms with Crippen LogP contribution in [0.4, 0.5) is 4.79 Å². The summed E-state index contributed by atoms with van der Waals surface area (Å²) in [4.78, 5) is 21.7. The number of carboxylic acid groups (broad SMARTS) is 1. The zero-order chi connectivity index (χ0) is 18.0. The second-order valence-corrected chi connectivity index (χ2v) is 6.51. The number of aliphatic carboxylic acids is 1. The first-order valence-corrected chi connectivity index (χ1v) is 9.61. The zero-order valence-electron chi connectivity index (χ0n) is 15.6.